The molecule has 1 saturated heterocycles. The molecule has 4 fully saturated rings. The van der Waals surface area contributed by atoms with Crippen LogP contribution in [-0.2, 0) is 19.6 Å². The third-order valence-corrected chi connectivity index (χ3v) is 9.00. The molecule has 5 nitrogen and oxygen atoms in total. The van der Waals surface area contributed by atoms with E-state index in [9.17, 15) is 13.2 Å². The van der Waals surface area contributed by atoms with Crippen LogP contribution in [0.15, 0.2) is 0 Å². The van der Waals surface area contributed by atoms with Gasteiger partial charge >= 0.3 is 5.97 Å². The Hall–Kier alpha value is -0.140. The van der Waals surface area contributed by atoms with Crippen molar-refractivity contribution in [3.63, 3.8) is 0 Å². The number of halogens is 1. The molecule has 0 aromatic rings. The van der Waals surface area contributed by atoms with E-state index in [1.54, 1.807) is 4.31 Å². The molecule has 124 valence electrons. The van der Waals surface area contributed by atoms with Crippen LogP contribution < -0.4 is 0 Å². The SMILES string of the molecule is O=C(CBr)OC1C2CC3C1N(C1CCCCC1)S(=O)(=O)C3C2. The summed E-state index contributed by atoms with van der Waals surface area (Å²) in [5, 5.41) is -0.0453. The molecule has 5 atom stereocenters. The maximum Gasteiger partial charge on any atom is 0.316 e. The van der Waals surface area contributed by atoms with Crippen LogP contribution in [0.4, 0.5) is 0 Å². The van der Waals surface area contributed by atoms with Gasteiger partial charge < -0.3 is 4.74 Å². The molecule has 7 heteroatoms. The molecule has 1 aliphatic heterocycles. The number of carbonyl (C=O) groups excluding carboxylic acids is 1. The molecule has 3 aliphatic carbocycles. The van der Waals surface area contributed by atoms with Gasteiger partial charge in [-0.15, -0.1) is 0 Å². The second kappa shape index (κ2) is 5.45. The van der Waals surface area contributed by atoms with Gasteiger partial charge in [0, 0.05) is 6.04 Å². The first kappa shape index (κ1) is 15.4. The summed E-state index contributed by atoms with van der Waals surface area (Å²) in [6.45, 7) is 0. The lowest BCUT2D eigenvalue weighted by Crippen LogP contribution is -2.49. The van der Waals surface area contributed by atoms with Gasteiger partial charge in [0.05, 0.1) is 11.3 Å². The Morgan fingerprint density at radius 3 is 2.59 bits per heavy atom. The van der Waals surface area contributed by atoms with Gasteiger partial charge in [0.25, 0.3) is 0 Å². The highest BCUT2D eigenvalue weighted by Crippen LogP contribution is 2.58. The smallest absolute Gasteiger partial charge is 0.316 e. The summed E-state index contributed by atoms with van der Waals surface area (Å²) in [6, 6.07) is 0.0260. The van der Waals surface area contributed by atoms with Gasteiger partial charge in [-0.25, -0.2) is 8.42 Å². The van der Waals surface area contributed by atoms with Crippen molar-refractivity contribution in [2.24, 2.45) is 11.8 Å². The van der Waals surface area contributed by atoms with Gasteiger partial charge in [-0.05, 0) is 37.5 Å². The second-order valence-corrected chi connectivity index (χ2v) is 9.80. The maximum absolute atomic E-state index is 13.0. The van der Waals surface area contributed by atoms with Crippen molar-refractivity contribution in [3.8, 4) is 0 Å². The average Bonchev–Trinajstić information content (AvgIpc) is 3.12. The number of hydrogen-bond acceptors (Lipinski definition) is 4. The molecule has 0 aromatic heterocycles. The fourth-order valence-corrected chi connectivity index (χ4v) is 8.25. The van der Waals surface area contributed by atoms with Crippen molar-refractivity contribution in [2.45, 2.75) is 68.4 Å². The molecule has 3 saturated carbocycles. The molecule has 22 heavy (non-hydrogen) atoms. The highest BCUT2D eigenvalue weighted by Gasteiger charge is 2.68. The molecule has 0 aromatic carbocycles. The van der Waals surface area contributed by atoms with Crippen LogP contribution in [0.3, 0.4) is 0 Å². The predicted octanol–water partition coefficient (Wildman–Crippen LogP) is 2.05. The second-order valence-electron chi connectivity index (χ2n) is 7.18. The number of esters is 1. The van der Waals surface area contributed by atoms with Gasteiger partial charge in [0.15, 0.2) is 0 Å². The van der Waals surface area contributed by atoms with E-state index < -0.39 is 10.0 Å². The normalized spacial score (nSPS) is 43.6. The summed E-state index contributed by atoms with van der Waals surface area (Å²) >= 11 is 3.14. The predicted molar refractivity (Wildman–Crippen MR) is 85.1 cm³/mol. The van der Waals surface area contributed by atoms with E-state index in [4.69, 9.17) is 4.74 Å². The Kier molecular flexibility index (Phi) is 3.81. The molecule has 5 unspecified atom stereocenters. The fraction of sp³-hybridized carbons (Fsp3) is 0.933. The third-order valence-electron chi connectivity index (χ3n) is 6.11. The van der Waals surface area contributed by atoms with E-state index in [0.29, 0.717) is 6.42 Å². The van der Waals surface area contributed by atoms with Crippen LogP contribution in [0.5, 0.6) is 0 Å². The highest BCUT2D eigenvalue weighted by atomic mass is 79.9. The van der Waals surface area contributed by atoms with Crippen LogP contribution in [0.1, 0.15) is 44.9 Å². The summed E-state index contributed by atoms with van der Waals surface area (Å²) in [5.41, 5.74) is 0. The van der Waals surface area contributed by atoms with E-state index >= 15 is 0 Å². The number of alkyl halides is 1. The molecule has 4 rings (SSSR count). The first-order valence-electron chi connectivity index (χ1n) is 8.32. The van der Waals surface area contributed by atoms with Crippen molar-refractivity contribution in [1.29, 1.82) is 0 Å². The Balaban J connectivity index is 1.66. The fourth-order valence-electron chi connectivity index (χ4n) is 5.36. The highest BCUT2D eigenvalue weighted by molar-refractivity contribution is 9.09. The lowest BCUT2D eigenvalue weighted by atomic mass is 9.89. The van der Waals surface area contributed by atoms with Crippen LogP contribution in [0.2, 0.25) is 0 Å². The Bertz CT molecular complexity index is 574. The van der Waals surface area contributed by atoms with Gasteiger partial charge in [-0.1, -0.05) is 35.2 Å². The zero-order chi connectivity index (χ0) is 15.5. The zero-order valence-electron chi connectivity index (χ0n) is 12.5. The van der Waals surface area contributed by atoms with Crippen LogP contribution in [0.25, 0.3) is 0 Å². The number of fused-ring (bicyclic) bond motifs is 1. The van der Waals surface area contributed by atoms with E-state index in [2.05, 4.69) is 15.9 Å². The molecule has 0 spiro atoms. The quantitative estimate of drug-likeness (QED) is 0.545. The molecule has 1 heterocycles. The lowest BCUT2D eigenvalue weighted by Gasteiger charge is -2.36. The van der Waals surface area contributed by atoms with Gasteiger partial charge in [-0.3, -0.25) is 4.79 Å². The summed E-state index contributed by atoms with van der Waals surface area (Å²) in [6.07, 6.45) is 6.67. The monoisotopic (exact) mass is 391 g/mol. The summed E-state index contributed by atoms with van der Waals surface area (Å²) in [7, 11) is -3.22. The first-order valence-corrected chi connectivity index (χ1v) is 10.9. The number of sulfonamides is 1. The molecule has 4 aliphatic rings. The number of nitrogens with zero attached hydrogens (tertiary/aromatic N) is 1. The summed E-state index contributed by atoms with van der Waals surface area (Å²) in [4.78, 5) is 11.7. The van der Waals surface area contributed by atoms with Crippen molar-refractivity contribution in [3.05, 3.63) is 0 Å². The topological polar surface area (TPSA) is 63.7 Å². The van der Waals surface area contributed by atoms with E-state index in [-0.39, 0.29) is 46.6 Å². The molecule has 0 N–H and O–H groups in total. The molecule has 2 bridgehead atoms. The summed E-state index contributed by atoms with van der Waals surface area (Å²) in [5.74, 6) is 0.124. The van der Waals surface area contributed by atoms with Crippen molar-refractivity contribution in [1.82, 2.24) is 4.31 Å². The molecular weight excluding hydrogens is 370 g/mol. The number of carbonyl (C=O) groups is 1. The largest absolute Gasteiger partial charge is 0.460 e. The van der Waals surface area contributed by atoms with E-state index in [1.807, 2.05) is 0 Å². The van der Waals surface area contributed by atoms with Gasteiger partial charge in [0.2, 0.25) is 10.0 Å². The van der Waals surface area contributed by atoms with Crippen molar-refractivity contribution in [2.75, 3.05) is 5.33 Å². The number of hydrogen-bond donors (Lipinski definition) is 0. The number of ether oxygens (including phenoxy) is 1. The lowest BCUT2D eigenvalue weighted by molar-refractivity contribution is -0.150. The minimum Gasteiger partial charge on any atom is -0.460 e. The standard InChI is InChI=1S/C15H22BrNO4S/c16-8-13(18)21-15-9-6-11-12(7-9)22(19,20)17(14(11)15)10-4-2-1-3-5-10/h9-12,14-15H,1-8H2. The average molecular weight is 392 g/mol. The van der Waals surface area contributed by atoms with Crippen molar-refractivity contribution < 1.29 is 17.9 Å². The van der Waals surface area contributed by atoms with Crippen LogP contribution in [-0.4, -0.2) is 47.5 Å². The minimum absolute atomic E-state index is 0.0974. The number of rotatable bonds is 3. The van der Waals surface area contributed by atoms with Crippen molar-refractivity contribution >= 4 is 31.9 Å². The Labute approximate surface area is 139 Å². The Morgan fingerprint density at radius 2 is 1.91 bits per heavy atom. The van der Waals surface area contributed by atoms with E-state index in [1.165, 1.54) is 6.42 Å². The van der Waals surface area contributed by atoms with Crippen LogP contribution in [0, 0.1) is 11.8 Å². The zero-order valence-corrected chi connectivity index (χ0v) is 14.9. The Morgan fingerprint density at radius 1 is 1.18 bits per heavy atom. The maximum atomic E-state index is 13.0. The minimum atomic E-state index is -3.22. The van der Waals surface area contributed by atoms with Crippen LogP contribution >= 0.6 is 15.9 Å². The van der Waals surface area contributed by atoms with Gasteiger partial charge in [-0.2, -0.15) is 4.31 Å². The molecule has 0 radical (unpaired) electrons. The first-order chi connectivity index (χ1) is 10.5. The van der Waals surface area contributed by atoms with Gasteiger partial charge in [0.1, 0.15) is 11.4 Å². The third kappa shape index (κ3) is 2.11. The summed E-state index contributed by atoms with van der Waals surface area (Å²) < 4.78 is 33.4. The molecular formula is C15H22BrNO4S. The molecule has 0 amide bonds. The van der Waals surface area contributed by atoms with E-state index in [0.717, 1.165) is 32.1 Å².